The number of hydrogen-bond acceptors (Lipinski definition) is 7. The minimum atomic E-state index is -3.90. The highest BCUT2D eigenvalue weighted by Gasteiger charge is 2.33. The molecule has 29 heavy (non-hydrogen) atoms. The van der Waals surface area contributed by atoms with Crippen molar-refractivity contribution in [1.82, 2.24) is 14.5 Å². The van der Waals surface area contributed by atoms with Gasteiger partial charge in [-0.2, -0.15) is 4.31 Å². The predicted molar refractivity (Wildman–Crippen MR) is 107 cm³/mol. The van der Waals surface area contributed by atoms with E-state index in [1.54, 1.807) is 6.92 Å². The molecule has 1 aromatic rings. The van der Waals surface area contributed by atoms with Gasteiger partial charge in [-0.3, -0.25) is 19.8 Å². The first-order valence-electron chi connectivity index (χ1n) is 9.25. The molecule has 0 bridgehead atoms. The molecule has 2 rings (SSSR count). The highest BCUT2D eigenvalue weighted by atomic mass is 32.2. The first-order valence-corrected chi connectivity index (χ1v) is 10.7. The van der Waals surface area contributed by atoms with E-state index < -0.39 is 20.6 Å². The molecule has 1 amide bonds. The molecule has 1 N–H and O–H groups in total. The molecule has 0 aliphatic carbocycles. The van der Waals surface area contributed by atoms with E-state index in [4.69, 9.17) is 4.74 Å². The Morgan fingerprint density at radius 2 is 1.83 bits per heavy atom. The van der Waals surface area contributed by atoms with Gasteiger partial charge in [-0.25, -0.2) is 8.42 Å². The average Bonchev–Trinajstić information content (AvgIpc) is 2.65. The van der Waals surface area contributed by atoms with Gasteiger partial charge in [-0.15, -0.1) is 0 Å². The predicted octanol–water partition coefficient (Wildman–Crippen LogP) is 1.21. The Labute approximate surface area is 171 Å². The summed E-state index contributed by atoms with van der Waals surface area (Å²) in [5, 5.41) is 14.1. The second-order valence-electron chi connectivity index (χ2n) is 7.95. The fourth-order valence-electron chi connectivity index (χ4n) is 3.09. The van der Waals surface area contributed by atoms with Crippen LogP contribution in [-0.4, -0.2) is 73.3 Å². The number of hydrogen-bond donors (Lipinski definition) is 1. The Morgan fingerprint density at radius 1 is 1.24 bits per heavy atom. The highest BCUT2D eigenvalue weighted by Crippen LogP contribution is 2.30. The van der Waals surface area contributed by atoms with Gasteiger partial charge < -0.3 is 10.1 Å². The number of amides is 1. The first-order chi connectivity index (χ1) is 13.4. The molecule has 1 saturated heterocycles. The van der Waals surface area contributed by atoms with Crippen LogP contribution in [0.2, 0.25) is 0 Å². The number of rotatable bonds is 6. The van der Waals surface area contributed by atoms with Crippen LogP contribution in [-0.2, 0) is 14.8 Å². The lowest BCUT2D eigenvalue weighted by atomic mass is 10.1. The van der Waals surface area contributed by atoms with E-state index in [-0.39, 0.29) is 41.2 Å². The lowest BCUT2D eigenvalue weighted by Crippen LogP contribution is -2.56. The topological polar surface area (TPSA) is 122 Å². The standard InChI is InChI=1S/C18H28N4O6S/c1-13(17(23)19-18(2,3)4)20-8-10-21(11-9-20)29(26,27)14-6-7-16(28-5)15(12-14)22(24)25/h6-7,12-13H,8-11H2,1-5H3,(H,19,23). The second kappa shape index (κ2) is 8.64. The van der Waals surface area contributed by atoms with Crippen LogP contribution in [0.1, 0.15) is 27.7 Å². The number of nitrogens with one attached hydrogen (secondary N) is 1. The Hall–Kier alpha value is -2.24. The Bertz CT molecular complexity index is 873. The number of methoxy groups -OCH3 is 1. The van der Waals surface area contributed by atoms with Gasteiger partial charge in [0, 0.05) is 37.8 Å². The molecule has 11 heteroatoms. The van der Waals surface area contributed by atoms with E-state index in [0.717, 1.165) is 6.07 Å². The fraction of sp³-hybridized carbons (Fsp3) is 0.611. The quantitative estimate of drug-likeness (QED) is 0.534. The summed E-state index contributed by atoms with van der Waals surface area (Å²) >= 11 is 0. The summed E-state index contributed by atoms with van der Waals surface area (Å²) in [7, 11) is -2.61. The van der Waals surface area contributed by atoms with Gasteiger partial charge in [-0.05, 0) is 39.8 Å². The number of nitrogens with zero attached hydrogens (tertiary/aromatic N) is 3. The van der Waals surface area contributed by atoms with Crippen molar-refractivity contribution in [2.75, 3.05) is 33.3 Å². The molecule has 162 valence electrons. The third kappa shape index (κ3) is 5.43. The minimum absolute atomic E-state index is 0.00236. The summed E-state index contributed by atoms with van der Waals surface area (Å²) < 4.78 is 32.1. The lowest BCUT2D eigenvalue weighted by Gasteiger charge is -2.37. The van der Waals surface area contributed by atoms with Crippen LogP contribution >= 0.6 is 0 Å². The zero-order valence-corrected chi connectivity index (χ0v) is 18.2. The summed E-state index contributed by atoms with van der Waals surface area (Å²) in [5.74, 6) is -0.114. The normalized spacial score (nSPS) is 17.6. The number of carbonyl (C=O) groups is 1. The molecule has 1 unspecified atom stereocenters. The number of nitro groups is 1. The smallest absolute Gasteiger partial charge is 0.312 e. The zero-order valence-electron chi connectivity index (χ0n) is 17.3. The van der Waals surface area contributed by atoms with Gasteiger partial charge in [0.25, 0.3) is 0 Å². The number of carbonyl (C=O) groups excluding carboxylic acids is 1. The number of sulfonamides is 1. The molecule has 1 heterocycles. The zero-order chi connectivity index (χ0) is 22.0. The maximum absolute atomic E-state index is 12.9. The van der Waals surface area contributed by atoms with Gasteiger partial charge >= 0.3 is 5.69 Å². The Balaban J connectivity index is 2.11. The molecule has 1 fully saturated rings. The van der Waals surface area contributed by atoms with Crippen molar-refractivity contribution in [2.24, 2.45) is 0 Å². The molecule has 1 aliphatic heterocycles. The summed E-state index contributed by atoms with van der Waals surface area (Å²) in [6.07, 6.45) is 0. The van der Waals surface area contributed by atoms with Gasteiger partial charge in [0.1, 0.15) is 0 Å². The second-order valence-corrected chi connectivity index (χ2v) is 9.88. The van der Waals surface area contributed by atoms with Gasteiger partial charge in [-0.1, -0.05) is 0 Å². The van der Waals surface area contributed by atoms with E-state index in [2.05, 4.69) is 5.32 Å². The fourth-order valence-corrected chi connectivity index (χ4v) is 4.54. The van der Waals surface area contributed by atoms with Crippen LogP contribution < -0.4 is 10.1 Å². The van der Waals surface area contributed by atoms with Crippen molar-refractivity contribution in [3.63, 3.8) is 0 Å². The van der Waals surface area contributed by atoms with Crippen LogP contribution in [0.4, 0.5) is 5.69 Å². The number of nitro benzene ring substituents is 1. The monoisotopic (exact) mass is 428 g/mol. The van der Waals surface area contributed by atoms with E-state index in [9.17, 15) is 23.3 Å². The van der Waals surface area contributed by atoms with Crippen LogP contribution in [0.3, 0.4) is 0 Å². The molecule has 1 atom stereocenters. The van der Waals surface area contributed by atoms with Crippen molar-refractivity contribution in [1.29, 1.82) is 0 Å². The highest BCUT2D eigenvalue weighted by molar-refractivity contribution is 7.89. The molecular weight excluding hydrogens is 400 g/mol. The Kier molecular flexibility index (Phi) is 6.86. The molecule has 0 spiro atoms. The summed E-state index contributed by atoms with van der Waals surface area (Å²) in [5.41, 5.74) is -0.751. The molecule has 1 aliphatic rings. The first kappa shape index (κ1) is 23.0. The molecule has 0 saturated carbocycles. The van der Waals surface area contributed by atoms with E-state index >= 15 is 0 Å². The average molecular weight is 429 g/mol. The van der Waals surface area contributed by atoms with Crippen molar-refractivity contribution in [3.05, 3.63) is 28.3 Å². The number of benzene rings is 1. The minimum Gasteiger partial charge on any atom is -0.490 e. The van der Waals surface area contributed by atoms with Crippen molar-refractivity contribution < 1.29 is 22.9 Å². The molecule has 10 nitrogen and oxygen atoms in total. The van der Waals surface area contributed by atoms with Crippen LogP contribution in [0.25, 0.3) is 0 Å². The third-order valence-electron chi connectivity index (χ3n) is 4.68. The summed E-state index contributed by atoms with van der Waals surface area (Å²) in [6, 6.07) is 3.20. The van der Waals surface area contributed by atoms with Gasteiger partial charge in [0.05, 0.1) is 23.0 Å². The van der Waals surface area contributed by atoms with Gasteiger partial charge in [0.15, 0.2) is 5.75 Å². The van der Waals surface area contributed by atoms with Crippen molar-refractivity contribution >= 4 is 21.6 Å². The van der Waals surface area contributed by atoms with Crippen LogP contribution in [0.15, 0.2) is 23.1 Å². The van der Waals surface area contributed by atoms with Gasteiger partial charge in [0.2, 0.25) is 15.9 Å². The maximum atomic E-state index is 12.9. The molecular formula is C18H28N4O6S. The number of piperazine rings is 1. The van der Waals surface area contributed by atoms with E-state index in [1.807, 2.05) is 25.7 Å². The lowest BCUT2D eigenvalue weighted by molar-refractivity contribution is -0.386. The number of ether oxygens (including phenoxy) is 1. The van der Waals surface area contributed by atoms with Crippen molar-refractivity contribution in [3.8, 4) is 5.75 Å². The molecule has 0 aromatic heterocycles. The third-order valence-corrected chi connectivity index (χ3v) is 6.58. The van der Waals surface area contributed by atoms with Crippen LogP contribution in [0.5, 0.6) is 5.75 Å². The van der Waals surface area contributed by atoms with Crippen LogP contribution in [0, 0.1) is 10.1 Å². The largest absolute Gasteiger partial charge is 0.490 e. The summed E-state index contributed by atoms with van der Waals surface area (Å²) in [6.45, 7) is 8.64. The maximum Gasteiger partial charge on any atom is 0.312 e. The Morgan fingerprint density at radius 3 is 2.31 bits per heavy atom. The summed E-state index contributed by atoms with van der Waals surface area (Å²) in [4.78, 5) is 24.6. The van der Waals surface area contributed by atoms with Crippen molar-refractivity contribution in [2.45, 2.75) is 44.2 Å². The molecule has 1 aromatic carbocycles. The molecule has 0 radical (unpaired) electrons. The SMILES string of the molecule is COc1ccc(S(=O)(=O)N2CCN(C(C)C(=O)NC(C)(C)C)CC2)cc1[N+](=O)[O-]. The van der Waals surface area contributed by atoms with E-state index in [1.165, 1.54) is 23.5 Å². The van der Waals surface area contributed by atoms with E-state index in [0.29, 0.717) is 13.1 Å².